The van der Waals surface area contributed by atoms with Crippen LogP contribution in [-0.2, 0) is 65.4 Å². The highest BCUT2D eigenvalue weighted by molar-refractivity contribution is 7.47. The van der Waals surface area contributed by atoms with E-state index in [1.54, 1.807) is 12.2 Å². The number of allylic oxidation sites excluding steroid dienone is 35. The Morgan fingerprint density at radius 1 is 0.264 bits per heavy atom. The maximum absolute atomic E-state index is 13.1. The molecule has 0 aliphatic carbocycles. The van der Waals surface area contributed by atoms with E-state index in [9.17, 15) is 43.2 Å². The standard InChI is InChI=1S/C91H142O17P2/c1-5-9-13-17-21-25-29-33-37-40-42-45-49-52-56-60-64-68-72-76-89(94)102-82-87(108-91(96)78-74-70-66-62-58-54-50-46-43-41-38-34-30-26-22-18-14-10-6-2)84-106-110(99,100)104-80-85(92)79-103-109(97,98)105-83-86(107-90(95)77-73-69-65-61-57-53-47-36-32-28-24-20-16-12-8-4)81-101-88(93)75-71-67-63-59-55-51-48-44-39-35-31-27-23-19-15-11-7-3/h9-16,21-28,33-39,42-43,45-48,51,57,59,61,63,69,73,85-87,92H,5-8,17-20,29-32,40-41,44,49-50,52-56,58,60,62,64-68,70-72,74-84H2,1-4H3,(H,97,98)(H,99,100)/b13-9-,14-10-,15-11-,16-12-,25-21-,26-22-,27-23-,28-24-,37-33-,38-34-,39-35-,45-42-,46-43-,47-36-,51-48-,61-57-,63-59-,73-69-. The number of esters is 4. The molecule has 0 amide bonds. The van der Waals surface area contributed by atoms with Crippen molar-refractivity contribution in [2.75, 3.05) is 39.6 Å². The average molecular weight is 1570 g/mol. The number of aliphatic hydroxyl groups is 1. The van der Waals surface area contributed by atoms with Crippen molar-refractivity contribution in [3.05, 3.63) is 219 Å². The number of carbonyl (C=O) groups is 4. The van der Waals surface area contributed by atoms with E-state index in [0.717, 1.165) is 186 Å². The third-order valence-electron chi connectivity index (χ3n) is 16.0. The van der Waals surface area contributed by atoms with Crippen molar-refractivity contribution in [3.8, 4) is 0 Å². The first-order valence-electron chi connectivity index (χ1n) is 41.0. The Kier molecular flexibility index (Phi) is 75.6. The lowest BCUT2D eigenvalue weighted by molar-refractivity contribution is -0.161. The lowest BCUT2D eigenvalue weighted by Gasteiger charge is -2.21. The molecule has 0 bridgehead atoms. The van der Waals surface area contributed by atoms with Gasteiger partial charge in [0.25, 0.3) is 0 Å². The van der Waals surface area contributed by atoms with E-state index in [1.807, 2.05) is 24.3 Å². The van der Waals surface area contributed by atoms with E-state index in [0.29, 0.717) is 32.1 Å². The first-order valence-corrected chi connectivity index (χ1v) is 44.0. The largest absolute Gasteiger partial charge is 0.472 e. The van der Waals surface area contributed by atoms with Crippen LogP contribution in [0.3, 0.4) is 0 Å². The quantitative estimate of drug-likeness (QED) is 0.0169. The first kappa shape index (κ1) is 103. The van der Waals surface area contributed by atoms with Gasteiger partial charge in [-0.15, -0.1) is 0 Å². The Labute approximate surface area is 664 Å². The van der Waals surface area contributed by atoms with Gasteiger partial charge >= 0.3 is 39.5 Å². The second-order valence-electron chi connectivity index (χ2n) is 26.2. The van der Waals surface area contributed by atoms with Crippen molar-refractivity contribution in [2.24, 2.45) is 0 Å². The predicted molar refractivity (Wildman–Crippen MR) is 454 cm³/mol. The van der Waals surface area contributed by atoms with Gasteiger partial charge in [0.2, 0.25) is 0 Å². The fraction of sp³-hybridized carbons (Fsp3) is 0.560. The van der Waals surface area contributed by atoms with Crippen LogP contribution in [0.2, 0.25) is 0 Å². The average Bonchev–Trinajstić information content (AvgIpc) is 0.911. The number of unbranched alkanes of at least 4 members (excludes halogenated alkanes) is 13. The second-order valence-corrected chi connectivity index (χ2v) is 29.1. The van der Waals surface area contributed by atoms with Gasteiger partial charge in [-0.25, -0.2) is 9.13 Å². The molecule has 0 radical (unpaired) electrons. The zero-order valence-corrected chi connectivity index (χ0v) is 69.4. The smallest absolute Gasteiger partial charge is 0.462 e. The van der Waals surface area contributed by atoms with E-state index in [1.165, 1.54) is 0 Å². The zero-order valence-electron chi connectivity index (χ0n) is 67.6. The molecule has 0 fully saturated rings. The number of carbonyl (C=O) groups excluding carboxylic acids is 4. The van der Waals surface area contributed by atoms with E-state index in [-0.39, 0.29) is 25.7 Å². The summed E-state index contributed by atoms with van der Waals surface area (Å²) in [6, 6.07) is 0. The molecule has 0 saturated heterocycles. The summed E-state index contributed by atoms with van der Waals surface area (Å²) in [5, 5.41) is 10.7. The molecule has 0 aliphatic rings. The highest BCUT2D eigenvalue weighted by atomic mass is 31.2. The van der Waals surface area contributed by atoms with Crippen molar-refractivity contribution in [1.29, 1.82) is 0 Å². The molecule has 0 saturated carbocycles. The van der Waals surface area contributed by atoms with Gasteiger partial charge in [0.15, 0.2) is 12.2 Å². The lowest BCUT2D eigenvalue weighted by Crippen LogP contribution is -2.30. The summed E-state index contributed by atoms with van der Waals surface area (Å²) < 4.78 is 68.5. The molecule has 0 spiro atoms. The maximum atomic E-state index is 13.1. The monoisotopic (exact) mass is 1570 g/mol. The van der Waals surface area contributed by atoms with E-state index in [4.69, 9.17) is 37.0 Å². The molecular formula is C91H142O17P2. The molecule has 110 heavy (non-hydrogen) atoms. The molecule has 3 N–H and O–H groups in total. The normalized spacial score (nSPS) is 14.9. The topological polar surface area (TPSA) is 237 Å². The molecular weight excluding hydrogens is 1430 g/mol. The summed E-state index contributed by atoms with van der Waals surface area (Å²) in [5.74, 6) is -2.45. The molecule has 19 heteroatoms. The van der Waals surface area contributed by atoms with Gasteiger partial charge in [0.05, 0.1) is 32.8 Å². The third kappa shape index (κ3) is 79.5. The van der Waals surface area contributed by atoms with Crippen LogP contribution in [0.25, 0.3) is 0 Å². The Bertz CT molecular complexity index is 2950. The number of hydrogen-bond acceptors (Lipinski definition) is 15. The van der Waals surface area contributed by atoms with Crippen molar-refractivity contribution in [1.82, 2.24) is 0 Å². The van der Waals surface area contributed by atoms with Gasteiger partial charge in [-0.2, -0.15) is 0 Å². The fourth-order valence-corrected chi connectivity index (χ4v) is 11.5. The number of aliphatic hydroxyl groups excluding tert-OH is 1. The van der Waals surface area contributed by atoms with Gasteiger partial charge in [-0.1, -0.05) is 298 Å². The molecule has 618 valence electrons. The number of phosphoric acid groups is 2. The Balaban J connectivity index is 5.54. The van der Waals surface area contributed by atoms with Gasteiger partial charge in [-0.05, 0) is 167 Å². The van der Waals surface area contributed by atoms with Crippen LogP contribution in [0.5, 0.6) is 0 Å². The van der Waals surface area contributed by atoms with Crippen molar-refractivity contribution >= 4 is 39.5 Å². The van der Waals surface area contributed by atoms with E-state index >= 15 is 0 Å². The molecule has 17 nitrogen and oxygen atoms in total. The first-order chi connectivity index (χ1) is 53.7. The van der Waals surface area contributed by atoms with E-state index in [2.05, 4.69) is 210 Å². The molecule has 5 atom stereocenters. The van der Waals surface area contributed by atoms with E-state index < -0.39 is 97.5 Å². The fourth-order valence-electron chi connectivity index (χ4n) is 9.90. The summed E-state index contributed by atoms with van der Waals surface area (Å²) in [4.78, 5) is 73.1. The van der Waals surface area contributed by atoms with Crippen molar-refractivity contribution < 1.29 is 80.2 Å². The van der Waals surface area contributed by atoms with Gasteiger partial charge in [0.1, 0.15) is 19.3 Å². The maximum Gasteiger partial charge on any atom is 0.472 e. The Hall–Kier alpha value is -6.62. The molecule has 0 aromatic carbocycles. The number of hydrogen-bond donors (Lipinski definition) is 3. The molecule has 0 aromatic heterocycles. The van der Waals surface area contributed by atoms with Crippen LogP contribution in [0.1, 0.15) is 272 Å². The zero-order chi connectivity index (χ0) is 80.3. The Morgan fingerprint density at radius 3 is 0.800 bits per heavy atom. The minimum absolute atomic E-state index is 0.0542. The summed E-state index contributed by atoms with van der Waals surface area (Å²) in [5.41, 5.74) is 0. The summed E-state index contributed by atoms with van der Waals surface area (Å²) >= 11 is 0. The highest BCUT2D eigenvalue weighted by Gasteiger charge is 2.30. The molecule has 5 unspecified atom stereocenters. The van der Waals surface area contributed by atoms with Crippen LogP contribution in [-0.4, -0.2) is 96.7 Å². The summed E-state index contributed by atoms with van der Waals surface area (Å²) in [6.45, 7) is 4.18. The minimum atomic E-state index is -5.03. The minimum Gasteiger partial charge on any atom is -0.462 e. The van der Waals surface area contributed by atoms with Gasteiger partial charge in [-0.3, -0.25) is 37.3 Å². The van der Waals surface area contributed by atoms with Gasteiger partial charge < -0.3 is 33.8 Å². The third-order valence-corrected chi connectivity index (χ3v) is 17.9. The Morgan fingerprint density at radius 2 is 0.491 bits per heavy atom. The number of ether oxygens (including phenoxy) is 4. The SMILES string of the molecule is CC/C=C\C/C=C\C/C=C\C/C=C\C/C=C\CCCC(=O)OCC(COP(=O)(O)OCC(O)COP(=O)(O)OCC(COC(=O)CCCCCCCC/C=C\C/C=C\C/C=C\C/C=C\CC)OC(=O)CCCCCCCC/C=C\C/C=C\C/C=C\C/C=C\CC)OC(=O)C/C=C\C/C=C\C/C=C\C/C=C\C/C=C\CC. The molecule has 0 aliphatic heterocycles. The van der Waals surface area contributed by atoms with Crippen molar-refractivity contribution in [2.45, 2.75) is 290 Å². The van der Waals surface area contributed by atoms with Crippen LogP contribution in [0, 0.1) is 0 Å². The molecule has 0 heterocycles. The second kappa shape index (κ2) is 80.4. The van der Waals surface area contributed by atoms with Gasteiger partial charge in [0, 0.05) is 19.3 Å². The van der Waals surface area contributed by atoms with Crippen LogP contribution >= 0.6 is 15.6 Å². The molecule has 0 rings (SSSR count). The highest BCUT2D eigenvalue weighted by Crippen LogP contribution is 2.45. The summed E-state index contributed by atoms with van der Waals surface area (Å²) in [6.07, 6.45) is 102. The van der Waals surface area contributed by atoms with Crippen molar-refractivity contribution in [3.63, 3.8) is 0 Å². The number of phosphoric ester groups is 2. The van der Waals surface area contributed by atoms with Crippen LogP contribution in [0.15, 0.2) is 219 Å². The number of rotatable bonds is 74. The molecule has 0 aromatic rings. The van der Waals surface area contributed by atoms with Crippen LogP contribution < -0.4 is 0 Å². The summed E-state index contributed by atoms with van der Waals surface area (Å²) in [7, 11) is -10.0. The van der Waals surface area contributed by atoms with Crippen LogP contribution in [0.4, 0.5) is 0 Å². The predicted octanol–water partition coefficient (Wildman–Crippen LogP) is 24.4. The lowest BCUT2D eigenvalue weighted by atomic mass is 10.1.